The minimum Gasteiger partial charge on any atom is -0.455 e. The molecule has 0 saturated carbocycles. The second kappa shape index (κ2) is 18.7. The third-order valence-electron chi connectivity index (χ3n) is 9.02. The standard InChI is InChI=1S/C39H34Cl2F3N5O10S/c40-23-6-12-32(30(20-23)48-60(55,56)25-9-10-28(41)27(21-25)39(42,43)44)59-24-7-4-22(5-8-24)35(51)46-15-17-58-19-18-57-16-14-45-29-3-1-2-26-34(29)38(54)49(37(26)53)31-11-13-33(50)47-36(31)52/h1-10,12,20-21,31,45,48H,11,13-19H2,(H,46,51)(H,47,50,52). The Morgan fingerprint density at radius 2 is 1.57 bits per heavy atom. The van der Waals surface area contributed by atoms with E-state index in [0.717, 1.165) is 17.0 Å². The van der Waals surface area contributed by atoms with Crippen molar-refractivity contribution in [2.45, 2.75) is 30.0 Å². The molecule has 4 aromatic rings. The van der Waals surface area contributed by atoms with Gasteiger partial charge in [-0.15, -0.1) is 0 Å². The summed E-state index contributed by atoms with van der Waals surface area (Å²) in [5.74, 6) is -2.62. The summed E-state index contributed by atoms with van der Waals surface area (Å²) in [6.07, 6.45) is -4.82. The van der Waals surface area contributed by atoms with Crippen LogP contribution in [0.2, 0.25) is 10.0 Å². The number of carbonyl (C=O) groups is 5. The number of ether oxygens (including phenoxy) is 3. The number of sulfonamides is 1. The first kappa shape index (κ1) is 43.8. The van der Waals surface area contributed by atoms with Gasteiger partial charge in [0.05, 0.1) is 58.7 Å². The van der Waals surface area contributed by atoms with Crippen molar-refractivity contribution in [3.8, 4) is 11.5 Å². The Bertz CT molecular complexity index is 2440. The van der Waals surface area contributed by atoms with Crippen LogP contribution >= 0.6 is 23.2 Å². The van der Waals surface area contributed by atoms with E-state index < -0.39 is 67.3 Å². The van der Waals surface area contributed by atoms with E-state index in [2.05, 4.69) is 20.7 Å². The summed E-state index contributed by atoms with van der Waals surface area (Å²) in [6, 6.07) is 15.7. The zero-order valence-electron chi connectivity index (χ0n) is 31.1. The summed E-state index contributed by atoms with van der Waals surface area (Å²) >= 11 is 11.7. The fourth-order valence-electron chi connectivity index (χ4n) is 6.15. The van der Waals surface area contributed by atoms with Gasteiger partial charge in [0, 0.05) is 35.8 Å². The lowest BCUT2D eigenvalue weighted by Crippen LogP contribution is -2.54. The molecule has 5 amide bonds. The highest BCUT2D eigenvalue weighted by molar-refractivity contribution is 7.92. The second-order valence-electron chi connectivity index (χ2n) is 13.1. The summed E-state index contributed by atoms with van der Waals surface area (Å²) in [4.78, 5) is 63.0. The van der Waals surface area contributed by atoms with Crippen molar-refractivity contribution in [3.63, 3.8) is 0 Å². The van der Waals surface area contributed by atoms with Crippen molar-refractivity contribution in [2.24, 2.45) is 0 Å². The number of nitrogens with zero attached hydrogens (tertiary/aromatic N) is 1. The maximum Gasteiger partial charge on any atom is 0.417 e. The normalized spacial score (nSPS) is 15.4. The summed E-state index contributed by atoms with van der Waals surface area (Å²) in [5, 5.41) is 7.40. The van der Waals surface area contributed by atoms with Gasteiger partial charge in [-0.05, 0) is 79.2 Å². The third-order valence-corrected chi connectivity index (χ3v) is 10.9. The van der Waals surface area contributed by atoms with Crippen LogP contribution < -0.4 is 25.4 Å². The van der Waals surface area contributed by atoms with Gasteiger partial charge in [-0.2, -0.15) is 13.2 Å². The van der Waals surface area contributed by atoms with Crippen LogP contribution in [-0.2, 0) is 35.3 Å². The molecule has 2 aliphatic rings. The largest absolute Gasteiger partial charge is 0.455 e. The first-order valence-corrected chi connectivity index (χ1v) is 20.3. The van der Waals surface area contributed by atoms with Crippen molar-refractivity contribution in [1.29, 1.82) is 0 Å². The molecule has 0 aliphatic carbocycles. The Kier molecular flexibility index (Phi) is 13.6. The van der Waals surface area contributed by atoms with Gasteiger partial charge < -0.3 is 24.8 Å². The summed E-state index contributed by atoms with van der Waals surface area (Å²) < 4.78 is 85.3. The van der Waals surface area contributed by atoms with E-state index in [0.29, 0.717) is 11.8 Å². The van der Waals surface area contributed by atoms with E-state index in [-0.39, 0.29) is 91.3 Å². The van der Waals surface area contributed by atoms with Crippen LogP contribution in [-0.4, -0.2) is 88.4 Å². The highest BCUT2D eigenvalue weighted by atomic mass is 35.5. The van der Waals surface area contributed by atoms with Gasteiger partial charge in [0.25, 0.3) is 27.7 Å². The van der Waals surface area contributed by atoms with E-state index >= 15 is 0 Å². The molecule has 21 heteroatoms. The number of benzene rings is 4. The number of anilines is 2. The second-order valence-corrected chi connectivity index (χ2v) is 15.6. The molecule has 0 spiro atoms. The Balaban J connectivity index is 0.904. The third kappa shape index (κ3) is 10.3. The van der Waals surface area contributed by atoms with Crippen LogP contribution in [0.5, 0.6) is 11.5 Å². The summed E-state index contributed by atoms with van der Waals surface area (Å²) in [6.45, 7) is 1.30. The van der Waals surface area contributed by atoms with E-state index in [1.165, 1.54) is 48.5 Å². The average molecular weight is 893 g/mol. The summed E-state index contributed by atoms with van der Waals surface area (Å²) in [7, 11) is -4.56. The van der Waals surface area contributed by atoms with E-state index in [4.69, 9.17) is 37.4 Å². The highest BCUT2D eigenvalue weighted by Gasteiger charge is 2.45. The van der Waals surface area contributed by atoms with E-state index in [9.17, 15) is 45.6 Å². The number of halogens is 5. The van der Waals surface area contributed by atoms with Crippen molar-refractivity contribution in [2.75, 3.05) is 49.6 Å². The van der Waals surface area contributed by atoms with Crippen LogP contribution in [0.3, 0.4) is 0 Å². The minimum absolute atomic E-state index is 0.0199. The van der Waals surface area contributed by atoms with Crippen molar-refractivity contribution < 1.29 is 59.8 Å². The predicted molar refractivity (Wildman–Crippen MR) is 211 cm³/mol. The molecule has 60 heavy (non-hydrogen) atoms. The number of hydrogen-bond donors (Lipinski definition) is 4. The molecule has 1 saturated heterocycles. The fraction of sp³-hybridized carbons (Fsp3) is 0.256. The van der Waals surface area contributed by atoms with Gasteiger partial charge in [-0.1, -0.05) is 29.3 Å². The first-order chi connectivity index (χ1) is 28.5. The van der Waals surface area contributed by atoms with Gasteiger partial charge in [0.1, 0.15) is 11.8 Å². The Hall–Kier alpha value is -5.73. The van der Waals surface area contributed by atoms with Crippen LogP contribution in [0.15, 0.2) is 83.8 Å². The molecule has 6 rings (SSSR count). The molecule has 1 fully saturated rings. The zero-order chi connectivity index (χ0) is 43.2. The average Bonchev–Trinajstić information content (AvgIpc) is 3.45. The maximum atomic E-state index is 13.4. The number of nitrogens with one attached hydrogen (secondary N) is 4. The number of rotatable bonds is 17. The first-order valence-electron chi connectivity index (χ1n) is 18.0. The molecule has 0 bridgehead atoms. The van der Waals surface area contributed by atoms with Crippen molar-refractivity contribution in [3.05, 3.63) is 111 Å². The molecule has 0 radical (unpaired) electrons. The quantitative estimate of drug-likeness (QED) is 0.0730. The monoisotopic (exact) mass is 891 g/mol. The summed E-state index contributed by atoms with van der Waals surface area (Å²) in [5.41, 5.74) is -0.504. The number of imide groups is 2. The number of amides is 5. The molecule has 4 aromatic carbocycles. The maximum absolute atomic E-state index is 13.4. The van der Waals surface area contributed by atoms with E-state index in [1.807, 2.05) is 0 Å². The molecular formula is C39H34Cl2F3N5O10S. The fourth-order valence-corrected chi connectivity index (χ4v) is 7.63. The zero-order valence-corrected chi connectivity index (χ0v) is 33.4. The molecule has 316 valence electrons. The van der Waals surface area contributed by atoms with Crippen molar-refractivity contribution >= 4 is 74.1 Å². The molecule has 1 unspecified atom stereocenters. The molecule has 4 N–H and O–H groups in total. The van der Waals surface area contributed by atoms with Gasteiger partial charge in [-0.3, -0.25) is 38.9 Å². The molecular weight excluding hydrogens is 858 g/mol. The van der Waals surface area contributed by atoms with Gasteiger partial charge in [-0.25, -0.2) is 8.42 Å². The number of hydrogen-bond acceptors (Lipinski definition) is 11. The smallest absolute Gasteiger partial charge is 0.417 e. The molecule has 2 aliphatic heterocycles. The lowest BCUT2D eigenvalue weighted by molar-refractivity contribution is -0.138. The Morgan fingerprint density at radius 3 is 2.27 bits per heavy atom. The lowest BCUT2D eigenvalue weighted by atomic mass is 10.0. The molecule has 1 atom stereocenters. The number of alkyl halides is 3. The van der Waals surface area contributed by atoms with Crippen molar-refractivity contribution in [1.82, 2.24) is 15.5 Å². The van der Waals surface area contributed by atoms with Crippen LogP contribution in [0, 0.1) is 0 Å². The topological polar surface area (TPSA) is 199 Å². The number of carbonyl (C=O) groups excluding carboxylic acids is 5. The molecule has 15 nitrogen and oxygen atoms in total. The SMILES string of the molecule is O=C1CCC(N2C(=O)c3cccc(NCCOCCOCCNC(=O)c4ccc(Oc5ccc(Cl)cc5NS(=O)(=O)c5ccc(Cl)c(C(F)(F)F)c5)cc4)c3C2=O)C(=O)N1. The molecule has 0 aromatic heterocycles. The lowest BCUT2D eigenvalue weighted by Gasteiger charge is -2.27. The van der Waals surface area contributed by atoms with Gasteiger partial charge in [0.15, 0.2) is 5.75 Å². The predicted octanol–water partition coefficient (Wildman–Crippen LogP) is 5.88. The van der Waals surface area contributed by atoms with Gasteiger partial charge in [0.2, 0.25) is 11.8 Å². The van der Waals surface area contributed by atoms with Gasteiger partial charge >= 0.3 is 6.18 Å². The number of fused-ring (bicyclic) bond motifs is 1. The minimum atomic E-state index is -4.89. The Morgan fingerprint density at radius 1 is 0.850 bits per heavy atom. The van der Waals surface area contributed by atoms with Crippen LogP contribution in [0.4, 0.5) is 24.5 Å². The highest BCUT2D eigenvalue weighted by Crippen LogP contribution is 2.38. The Labute approximate surface area is 350 Å². The van der Waals surface area contributed by atoms with E-state index in [1.54, 1.807) is 12.1 Å². The van der Waals surface area contributed by atoms with Crippen LogP contribution in [0.1, 0.15) is 49.5 Å². The van der Waals surface area contributed by atoms with Crippen LogP contribution in [0.25, 0.3) is 0 Å². The molecule has 2 heterocycles. The number of piperidine rings is 1.